The number of ketones is 1. The van der Waals surface area contributed by atoms with Gasteiger partial charge in [0.2, 0.25) is 0 Å². The fraction of sp³-hybridized carbons (Fsp3) is 0.526. The number of piperidine rings is 1. The number of hydrogen-bond donors (Lipinski definition) is 0. The van der Waals surface area contributed by atoms with Gasteiger partial charge in [0, 0.05) is 24.1 Å². The van der Waals surface area contributed by atoms with E-state index in [-0.39, 0.29) is 11.5 Å². The van der Waals surface area contributed by atoms with Gasteiger partial charge in [0.15, 0.2) is 5.78 Å². The maximum absolute atomic E-state index is 13.0. The number of allylic oxidation sites excluding steroid dienone is 1. The van der Waals surface area contributed by atoms with Crippen LogP contribution in [-0.4, -0.2) is 29.8 Å². The molecule has 0 radical (unpaired) electrons. The minimum absolute atomic E-state index is 0.0186. The van der Waals surface area contributed by atoms with Crippen LogP contribution in [0.5, 0.6) is 0 Å². The standard InChI is InChI=1S/C19H23NO/c1-3-19-10-11-20(12-14-8-9-14)17(13(19)2)18(21)15-6-4-5-7-16(15)19/h3-7,13-14,17H,1,8-12H2,2H3/t13-,17-,19+/m0/s1. The van der Waals surface area contributed by atoms with Crippen molar-refractivity contribution in [3.05, 3.63) is 48.0 Å². The molecular formula is C19H23NO. The molecule has 0 unspecified atom stereocenters. The van der Waals surface area contributed by atoms with Crippen molar-refractivity contribution in [1.29, 1.82) is 0 Å². The van der Waals surface area contributed by atoms with E-state index in [0.29, 0.717) is 11.7 Å². The SMILES string of the molecule is C=C[C@]12CCN(CC3CC3)[C@H](C(=O)c3ccccc31)[C@@H]2C. The molecule has 3 aliphatic rings. The maximum Gasteiger partial charge on any atom is 0.180 e. The lowest BCUT2D eigenvalue weighted by atomic mass is 9.57. The second-order valence-electron chi connectivity index (χ2n) is 7.08. The van der Waals surface area contributed by atoms with Gasteiger partial charge in [-0.05, 0) is 36.7 Å². The van der Waals surface area contributed by atoms with Gasteiger partial charge in [-0.1, -0.05) is 37.3 Å². The number of Topliss-reactive ketones (excluding diaryl/α,β-unsaturated/α-hetero) is 1. The molecule has 0 spiro atoms. The lowest BCUT2D eigenvalue weighted by Gasteiger charge is -2.53. The van der Waals surface area contributed by atoms with E-state index in [1.165, 1.54) is 18.4 Å². The zero-order valence-corrected chi connectivity index (χ0v) is 12.7. The number of carbonyl (C=O) groups excluding carboxylic acids is 1. The number of fused-ring (bicyclic) bond motifs is 4. The van der Waals surface area contributed by atoms with E-state index in [1.54, 1.807) is 0 Å². The molecule has 110 valence electrons. The second-order valence-corrected chi connectivity index (χ2v) is 7.08. The first-order valence-corrected chi connectivity index (χ1v) is 8.19. The van der Waals surface area contributed by atoms with E-state index < -0.39 is 0 Å². The highest BCUT2D eigenvalue weighted by Crippen LogP contribution is 2.50. The number of nitrogens with zero attached hydrogens (tertiary/aromatic N) is 1. The highest BCUT2D eigenvalue weighted by Gasteiger charge is 2.53. The van der Waals surface area contributed by atoms with Crippen LogP contribution in [0.25, 0.3) is 0 Å². The van der Waals surface area contributed by atoms with Crippen molar-refractivity contribution >= 4 is 5.78 Å². The van der Waals surface area contributed by atoms with Gasteiger partial charge in [-0.25, -0.2) is 0 Å². The fourth-order valence-corrected chi connectivity index (χ4v) is 4.56. The summed E-state index contributed by atoms with van der Waals surface area (Å²) in [7, 11) is 0. The highest BCUT2D eigenvalue weighted by molar-refractivity contribution is 6.03. The molecular weight excluding hydrogens is 258 g/mol. The Hall–Kier alpha value is -1.41. The zero-order valence-electron chi connectivity index (χ0n) is 12.7. The van der Waals surface area contributed by atoms with Crippen molar-refractivity contribution in [2.45, 2.75) is 37.6 Å². The lowest BCUT2D eigenvalue weighted by molar-refractivity contribution is 0.0343. The van der Waals surface area contributed by atoms with Crippen LogP contribution in [0.2, 0.25) is 0 Å². The van der Waals surface area contributed by atoms with E-state index in [4.69, 9.17) is 0 Å². The summed E-state index contributed by atoms with van der Waals surface area (Å²) in [4.78, 5) is 15.5. The van der Waals surface area contributed by atoms with Crippen molar-refractivity contribution < 1.29 is 4.79 Å². The van der Waals surface area contributed by atoms with Crippen molar-refractivity contribution in [1.82, 2.24) is 4.90 Å². The topological polar surface area (TPSA) is 20.3 Å². The van der Waals surface area contributed by atoms with E-state index in [9.17, 15) is 4.79 Å². The summed E-state index contributed by atoms with van der Waals surface area (Å²) in [5.74, 6) is 1.49. The molecule has 1 aromatic carbocycles. The minimum atomic E-state index is -0.0186. The van der Waals surface area contributed by atoms with E-state index in [1.807, 2.05) is 12.1 Å². The summed E-state index contributed by atoms with van der Waals surface area (Å²) < 4.78 is 0. The fourth-order valence-electron chi connectivity index (χ4n) is 4.56. The minimum Gasteiger partial charge on any atom is -0.293 e. The molecule has 2 aliphatic carbocycles. The number of rotatable bonds is 3. The summed E-state index contributed by atoms with van der Waals surface area (Å²) >= 11 is 0. The Bertz CT molecular complexity index is 603. The van der Waals surface area contributed by atoms with Crippen LogP contribution in [-0.2, 0) is 5.41 Å². The Balaban J connectivity index is 1.82. The third-order valence-corrected chi connectivity index (χ3v) is 6.01. The van der Waals surface area contributed by atoms with Gasteiger partial charge >= 0.3 is 0 Å². The third-order valence-electron chi connectivity index (χ3n) is 6.01. The summed E-state index contributed by atoms with van der Waals surface area (Å²) in [5, 5.41) is 0. The molecule has 4 rings (SSSR count). The van der Waals surface area contributed by atoms with Gasteiger partial charge in [-0.3, -0.25) is 9.69 Å². The molecule has 0 N–H and O–H groups in total. The molecule has 2 fully saturated rings. The Labute approximate surface area is 126 Å². The van der Waals surface area contributed by atoms with Crippen molar-refractivity contribution in [2.24, 2.45) is 11.8 Å². The van der Waals surface area contributed by atoms with Gasteiger partial charge in [0.05, 0.1) is 6.04 Å². The predicted molar refractivity (Wildman–Crippen MR) is 84.5 cm³/mol. The summed E-state index contributed by atoms with van der Waals surface area (Å²) in [6, 6.07) is 8.24. The second kappa shape index (κ2) is 4.54. The van der Waals surface area contributed by atoms with Crippen LogP contribution in [0, 0.1) is 11.8 Å². The number of benzene rings is 1. The summed E-state index contributed by atoms with van der Waals surface area (Å²) in [5.41, 5.74) is 2.12. The molecule has 1 saturated heterocycles. The molecule has 2 bridgehead atoms. The maximum atomic E-state index is 13.0. The van der Waals surface area contributed by atoms with Gasteiger partial charge in [0.25, 0.3) is 0 Å². The molecule has 0 amide bonds. The summed E-state index contributed by atoms with van der Waals surface area (Å²) in [6.07, 6.45) is 5.89. The normalized spacial score (nSPS) is 35.4. The first-order chi connectivity index (χ1) is 10.2. The zero-order chi connectivity index (χ0) is 14.6. The average molecular weight is 281 g/mol. The Morgan fingerprint density at radius 3 is 2.86 bits per heavy atom. The lowest BCUT2D eigenvalue weighted by Crippen LogP contribution is -2.61. The van der Waals surface area contributed by atoms with Gasteiger partial charge in [-0.2, -0.15) is 0 Å². The van der Waals surface area contributed by atoms with Crippen molar-refractivity contribution in [3.8, 4) is 0 Å². The van der Waals surface area contributed by atoms with Gasteiger partial charge < -0.3 is 0 Å². The largest absolute Gasteiger partial charge is 0.293 e. The third kappa shape index (κ3) is 1.78. The number of carbonyl (C=O) groups is 1. The van der Waals surface area contributed by atoms with E-state index in [0.717, 1.165) is 31.0 Å². The molecule has 0 aromatic heterocycles. The van der Waals surface area contributed by atoms with Crippen LogP contribution in [0.4, 0.5) is 0 Å². The first-order valence-electron chi connectivity index (χ1n) is 8.19. The predicted octanol–water partition coefficient (Wildman–Crippen LogP) is 3.43. The molecule has 2 heteroatoms. The molecule has 3 atom stereocenters. The van der Waals surface area contributed by atoms with Crippen LogP contribution in [0.15, 0.2) is 36.9 Å². The highest BCUT2D eigenvalue weighted by atomic mass is 16.1. The molecule has 1 aromatic rings. The Kier molecular flexibility index (Phi) is 2.87. The Morgan fingerprint density at radius 1 is 1.38 bits per heavy atom. The average Bonchev–Trinajstić information content (AvgIpc) is 3.31. The van der Waals surface area contributed by atoms with Crippen molar-refractivity contribution in [3.63, 3.8) is 0 Å². The monoisotopic (exact) mass is 281 g/mol. The molecule has 1 aliphatic heterocycles. The van der Waals surface area contributed by atoms with Crippen molar-refractivity contribution in [2.75, 3.05) is 13.1 Å². The van der Waals surface area contributed by atoms with E-state index >= 15 is 0 Å². The Morgan fingerprint density at radius 2 is 2.14 bits per heavy atom. The van der Waals surface area contributed by atoms with Gasteiger partial charge in [0.1, 0.15) is 0 Å². The van der Waals surface area contributed by atoms with Crippen LogP contribution in [0.1, 0.15) is 42.1 Å². The molecule has 1 heterocycles. The molecule has 1 saturated carbocycles. The van der Waals surface area contributed by atoms with Crippen LogP contribution < -0.4 is 0 Å². The van der Waals surface area contributed by atoms with Crippen LogP contribution in [0.3, 0.4) is 0 Å². The first kappa shape index (κ1) is 13.3. The van der Waals surface area contributed by atoms with Gasteiger partial charge in [-0.15, -0.1) is 6.58 Å². The molecule has 21 heavy (non-hydrogen) atoms. The van der Waals surface area contributed by atoms with Crippen LogP contribution >= 0.6 is 0 Å². The summed E-state index contributed by atoms with van der Waals surface area (Å²) in [6.45, 7) is 8.52. The number of likely N-dealkylation sites (tertiary alicyclic amines) is 1. The quantitative estimate of drug-likeness (QED) is 0.791. The smallest absolute Gasteiger partial charge is 0.180 e. The van der Waals surface area contributed by atoms with E-state index in [2.05, 4.69) is 36.6 Å². The molecule has 2 nitrogen and oxygen atoms in total. The number of hydrogen-bond acceptors (Lipinski definition) is 2.